The smallest absolute Gasteiger partial charge is 0.159 e. The van der Waals surface area contributed by atoms with E-state index in [0.717, 1.165) is 9.37 Å². The van der Waals surface area contributed by atoms with Crippen molar-refractivity contribution < 1.29 is 14.6 Å². The zero-order chi connectivity index (χ0) is 15.9. The first-order valence-corrected chi connectivity index (χ1v) is 8.62. The number of ketones is 1. The van der Waals surface area contributed by atoms with Gasteiger partial charge in [0.15, 0.2) is 5.78 Å². The van der Waals surface area contributed by atoms with Crippen LogP contribution in [-0.4, -0.2) is 29.4 Å². The second-order valence-electron chi connectivity index (χ2n) is 4.81. The Kier molecular flexibility index (Phi) is 6.49. The first-order chi connectivity index (χ1) is 10.5. The van der Waals surface area contributed by atoms with Crippen molar-refractivity contribution >= 4 is 33.5 Å². The van der Waals surface area contributed by atoms with Gasteiger partial charge in [-0.25, -0.2) is 0 Å². The van der Waals surface area contributed by atoms with E-state index in [0.29, 0.717) is 17.1 Å². The molecule has 1 atom stereocenters. The Balaban J connectivity index is 1.76. The Labute approximate surface area is 142 Å². The zero-order valence-electron chi connectivity index (χ0n) is 12.2. The van der Waals surface area contributed by atoms with E-state index in [1.807, 2.05) is 24.3 Å². The van der Waals surface area contributed by atoms with E-state index in [1.165, 1.54) is 6.92 Å². The predicted molar refractivity (Wildman–Crippen MR) is 92.8 cm³/mol. The van der Waals surface area contributed by atoms with Crippen LogP contribution in [0.4, 0.5) is 0 Å². The standard InChI is InChI=1S/C17H17BrO3S/c1-12(19)13-2-6-16(7-3-13)21-10-15(20)11-22-17-8-4-14(18)5-9-17/h2-9,15,20H,10-11H2,1H3. The molecule has 0 fully saturated rings. The van der Waals surface area contributed by atoms with Crippen LogP contribution in [0, 0.1) is 0 Å². The summed E-state index contributed by atoms with van der Waals surface area (Å²) in [6, 6.07) is 14.9. The minimum Gasteiger partial charge on any atom is -0.491 e. The summed E-state index contributed by atoms with van der Waals surface area (Å²) in [7, 11) is 0. The number of carbonyl (C=O) groups excluding carboxylic acids is 1. The predicted octanol–water partition coefficient (Wildman–Crippen LogP) is 4.18. The lowest BCUT2D eigenvalue weighted by molar-refractivity contribution is 0.101. The third-order valence-electron chi connectivity index (χ3n) is 2.96. The van der Waals surface area contributed by atoms with Crippen LogP contribution in [-0.2, 0) is 0 Å². The molecule has 3 nitrogen and oxygen atoms in total. The summed E-state index contributed by atoms with van der Waals surface area (Å²) in [4.78, 5) is 12.3. The van der Waals surface area contributed by atoms with E-state index < -0.39 is 6.10 Å². The van der Waals surface area contributed by atoms with Gasteiger partial charge in [-0.1, -0.05) is 15.9 Å². The molecule has 116 valence electrons. The summed E-state index contributed by atoms with van der Waals surface area (Å²) < 4.78 is 6.56. The fraction of sp³-hybridized carbons (Fsp3) is 0.235. The first kappa shape index (κ1) is 17.1. The molecule has 0 aromatic heterocycles. The van der Waals surface area contributed by atoms with Crippen molar-refractivity contribution in [2.45, 2.75) is 17.9 Å². The van der Waals surface area contributed by atoms with Crippen molar-refractivity contribution in [3.63, 3.8) is 0 Å². The Morgan fingerprint density at radius 2 is 1.82 bits per heavy atom. The highest BCUT2D eigenvalue weighted by Gasteiger charge is 2.07. The zero-order valence-corrected chi connectivity index (χ0v) is 14.6. The summed E-state index contributed by atoms with van der Waals surface area (Å²) in [5, 5.41) is 9.96. The number of aliphatic hydroxyl groups excluding tert-OH is 1. The highest BCUT2D eigenvalue weighted by atomic mass is 79.9. The van der Waals surface area contributed by atoms with Gasteiger partial charge in [-0.2, -0.15) is 0 Å². The fourth-order valence-electron chi connectivity index (χ4n) is 1.75. The average molecular weight is 381 g/mol. The molecule has 1 N–H and O–H groups in total. The van der Waals surface area contributed by atoms with Crippen LogP contribution in [0.15, 0.2) is 57.9 Å². The van der Waals surface area contributed by atoms with Gasteiger partial charge in [-0.15, -0.1) is 11.8 Å². The van der Waals surface area contributed by atoms with Crippen molar-refractivity contribution in [3.8, 4) is 5.75 Å². The largest absolute Gasteiger partial charge is 0.491 e. The van der Waals surface area contributed by atoms with Crippen LogP contribution < -0.4 is 4.74 Å². The van der Waals surface area contributed by atoms with Gasteiger partial charge in [0.2, 0.25) is 0 Å². The molecule has 0 spiro atoms. The van der Waals surface area contributed by atoms with Crippen molar-refractivity contribution in [1.82, 2.24) is 0 Å². The molecule has 22 heavy (non-hydrogen) atoms. The summed E-state index contributed by atoms with van der Waals surface area (Å²) in [5.41, 5.74) is 0.652. The maximum Gasteiger partial charge on any atom is 0.159 e. The maximum atomic E-state index is 11.2. The number of hydrogen-bond acceptors (Lipinski definition) is 4. The molecule has 1 unspecified atom stereocenters. The molecule has 0 aliphatic carbocycles. The molecule has 0 aliphatic heterocycles. The second-order valence-corrected chi connectivity index (χ2v) is 6.82. The minimum atomic E-state index is -0.555. The molecule has 0 saturated carbocycles. The van der Waals surface area contributed by atoms with Gasteiger partial charge in [0, 0.05) is 20.7 Å². The van der Waals surface area contributed by atoms with Crippen molar-refractivity contribution in [1.29, 1.82) is 0 Å². The monoisotopic (exact) mass is 380 g/mol. The van der Waals surface area contributed by atoms with Crippen LogP contribution in [0.25, 0.3) is 0 Å². The summed E-state index contributed by atoms with van der Waals surface area (Å²) in [6.07, 6.45) is -0.555. The number of Topliss-reactive ketones (excluding diaryl/α,β-unsaturated/α-hetero) is 1. The Hall–Kier alpha value is -1.30. The van der Waals surface area contributed by atoms with Gasteiger partial charge in [0.25, 0.3) is 0 Å². The Morgan fingerprint density at radius 1 is 1.18 bits per heavy atom. The molecule has 0 amide bonds. The van der Waals surface area contributed by atoms with Gasteiger partial charge < -0.3 is 9.84 Å². The third kappa shape index (κ3) is 5.48. The molecular weight excluding hydrogens is 364 g/mol. The van der Waals surface area contributed by atoms with Crippen molar-refractivity contribution in [3.05, 3.63) is 58.6 Å². The van der Waals surface area contributed by atoms with Gasteiger partial charge in [-0.05, 0) is 55.5 Å². The number of ether oxygens (including phenoxy) is 1. The molecule has 0 saturated heterocycles. The molecule has 0 aliphatic rings. The molecular formula is C17H17BrO3S. The molecule has 2 rings (SSSR count). The second kappa shape index (κ2) is 8.36. The van der Waals surface area contributed by atoms with Crippen LogP contribution in [0.3, 0.4) is 0 Å². The molecule has 5 heteroatoms. The van der Waals surface area contributed by atoms with Gasteiger partial charge in [0.1, 0.15) is 12.4 Å². The number of rotatable bonds is 7. The number of aliphatic hydroxyl groups is 1. The molecule has 0 radical (unpaired) electrons. The Morgan fingerprint density at radius 3 is 2.41 bits per heavy atom. The average Bonchev–Trinajstić information content (AvgIpc) is 2.52. The molecule has 2 aromatic carbocycles. The molecule has 0 heterocycles. The Bertz CT molecular complexity index is 611. The highest BCUT2D eigenvalue weighted by Crippen LogP contribution is 2.21. The van der Waals surface area contributed by atoms with Crippen LogP contribution in [0.5, 0.6) is 5.75 Å². The van der Waals surface area contributed by atoms with Crippen LogP contribution >= 0.6 is 27.7 Å². The number of hydrogen-bond donors (Lipinski definition) is 1. The number of thioether (sulfide) groups is 1. The number of carbonyl (C=O) groups is 1. The van der Waals surface area contributed by atoms with Crippen LogP contribution in [0.1, 0.15) is 17.3 Å². The maximum absolute atomic E-state index is 11.2. The van der Waals surface area contributed by atoms with Crippen molar-refractivity contribution in [2.24, 2.45) is 0 Å². The lowest BCUT2D eigenvalue weighted by Gasteiger charge is -2.12. The molecule has 0 bridgehead atoms. The van der Waals surface area contributed by atoms with Gasteiger partial charge in [-0.3, -0.25) is 4.79 Å². The van der Waals surface area contributed by atoms with Crippen LogP contribution in [0.2, 0.25) is 0 Å². The van der Waals surface area contributed by atoms with E-state index in [1.54, 1.807) is 36.0 Å². The van der Waals surface area contributed by atoms with E-state index in [9.17, 15) is 9.90 Å². The minimum absolute atomic E-state index is 0.0254. The SMILES string of the molecule is CC(=O)c1ccc(OCC(O)CSc2ccc(Br)cc2)cc1. The lowest BCUT2D eigenvalue weighted by atomic mass is 10.1. The van der Waals surface area contributed by atoms with E-state index >= 15 is 0 Å². The van der Waals surface area contributed by atoms with Gasteiger partial charge >= 0.3 is 0 Å². The lowest BCUT2D eigenvalue weighted by Crippen LogP contribution is -2.20. The summed E-state index contributed by atoms with van der Waals surface area (Å²) in [5.74, 6) is 1.24. The topological polar surface area (TPSA) is 46.5 Å². The van der Waals surface area contributed by atoms with E-state index in [2.05, 4.69) is 15.9 Å². The highest BCUT2D eigenvalue weighted by molar-refractivity contribution is 9.10. The first-order valence-electron chi connectivity index (χ1n) is 6.85. The fourth-order valence-corrected chi connectivity index (χ4v) is 2.82. The summed E-state index contributed by atoms with van der Waals surface area (Å²) in [6.45, 7) is 1.75. The van der Waals surface area contributed by atoms with E-state index in [-0.39, 0.29) is 12.4 Å². The third-order valence-corrected chi connectivity index (χ3v) is 4.64. The quantitative estimate of drug-likeness (QED) is 0.577. The number of halogens is 1. The van der Waals surface area contributed by atoms with E-state index in [4.69, 9.17) is 4.74 Å². The number of benzene rings is 2. The van der Waals surface area contributed by atoms with Crippen molar-refractivity contribution in [2.75, 3.05) is 12.4 Å². The molecule has 2 aromatic rings. The summed E-state index contributed by atoms with van der Waals surface area (Å²) >= 11 is 4.97. The normalized spacial score (nSPS) is 12.0. The van der Waals surface area contributed by atoms with Gasteiger partial charge in [0.05, 0.1) is 6.10 Å².